The van der Waals surface area contributed by atoms with Gasteiger partial charge < -0.3 is 29.5 Å². The summed E-state index contributed by atoms with van der Waals surface area (Å²) < 4.78 is 15.9. The molecule has 1 aliphatic heterocycles. The zero-order valence-corrected chi connectivity index (χ0v) is 15.0. The van der Waals surface area contributed by atoms with Gasteiger partial charge in [0.2, 0.25) is 6.29 Å². The molecule has 2 aromatic rings. The first-order valence-electron chi connectivity index (χ1n) is 8.21. The molecule has 1 aliphatic rings. The van der Waals surface area contributed by atoms with Crippen molar-refractivity contribution in [2.45, 2.75) is 31.0 Å². The van der Waals surface area contributed by atoms with Gasteiger partial charge in [-0.05, 0) is 41.8 Å². The van der Waals surface area contributed by atoms with Crippen molar-refractivity contribution < 1.29 is 29.5 Å². The first-order valence-corrected chi connectivity index (χ1v) is 8.59. The number of aliphatic hydroxyl groups is 3. The van der Waals surface area contributed by atoms with Crippen molar-refractivity contribution in [1.29, 1.82) is 0 Å². The van der Waals surface area contributed by atoms with Crippen LogP contribution in [0.4, 0.5) is 0 Å². The van der Waals surface area contributed by atoms with E-state index in [2.05, 4.69) is 0 Å². The van der Waals surface area contributed by atoms with Crippen molar-refractivity contribution in [1.82, 2.24) is 0 Å². The van der Waals surface area contributed by atoms with Crippen molar-refractivity contribution in [3.63, 3.8) is 0 Å². The summed E-state index contributed by atoms with van der Waals surface area (Å²) in [6.45, 7) is -0.119. The number of hydrogen-bond acceptors (Lipinski definition) is 6. The molecule has 4 atom stereocenters. The average molecular weight is 381 g/mol. The zero-order valence-electron chi connectivity index (χ0n) is 14.2. The van der Waals surface area contributed by atoms with Gasteiger partial charge in [0.25, 0.3) is 0 Å². The van der Waals surface area contributed by atoms with E-state index in [1.54, 1.807) is 19.2 Å². The molecule has 0 bridgehead atoms. The van der Waals surface area contributed by atoms with Crippen LogP contribution in [0.5, 0.6) is 11.5 Å². The average Bonchev–Trinajstić information content (AvgIpc) is 2.65. The van der Waals surface area contributed by atoms with Crippen LogP contribution in [0.2, 0.25) is 5.02 Å². The lowest BCUT2D eigenvalue weighted by molar-refractivity contribution is -0.242. The number of hydrogen-bond donors (Lipinski definition) is 3. The van der Waals surface area contributed by atoms with Crippen molar-refractivity contribution in [2.24, 2.45) is 0 Å². The molecule has 0 aliphatic carbocycles. The summed E-state index contributed by atoms with van der Waals surface area (Å²) in [6, 6.07) is 12.9. The largest absolute Gasteiger partial charge is 0.497 e. The fraction of sp³-hybridized carbons (Fsp3) is 0.368. The molecule has 1 fully saturated rings. The van der Waals surface area contributed by atoms with Gasteiger partial charge in [-0.1, -0.05) is 29.8 Å². The molecular formula is C19H21ClO6. The van der Waals surface area contributed by atoms with Crippen LogP contribution in [0.1, 0.15) is 11.1 Å². The summed E-state index contributed by atoms with van der Waals surface area (Å²) in [7, 11) is 1.62. The van der Waals surface area contributed by atoms with Crippen molar-refractivity contribution >= 4 is 11.6 Å². The zero-order chi connectivity index (χ0) is 18.7. The van der Waals surface area contributed by atoms with Crippen LogP contribution < -0.4 is 9.47 Å². The minimum absolute atomic E-state index is 0.119. The third-order valence-electron chi connectivity index (χ3n) is 4.28. The molecule has 0 radical (unpaired) electrons. The number of halogens is 1. The molecule has 3 N–H and O–H groups in total. The van der Waals surface area contributed by atoms with Crippen molar-refractivity contribution in [2.75, 3.05) is 13.7 Å². The number of aliphatic hydroxyl groups excluding tert-OH is 3. The van der Waals surface area contributed by atoms with Gasteiger partial charge in [-0.2, -0.15) is 0 Å². The van der Waals surface area contributed by atoms with Gasteiger partial charge in [0.05, 0.1) is 13.7 Å². The van der Waals surface area contributed by atoms with Gasteiger partial charge in [0, 0.05) is 5.02 Å². The summed E-state index contributed by atoms with van der Waals surface area (Å²) in [5.41, 5.74) is 2.01. The third-order valence-corrected chi connectivity index (χ3v) is 4.64. The number of ether oxygens (including phenoxy) is 3. The molecule has 6 nitrogen and oxygen atoms in total. The highest BCUT2D eigenvalue weighted by atomic mass is 35.5. The minimum Gasteiger partial charge on any atom is -0.497 e. The normalized spacial score (nSPS) is 25.7. The Balaban J connectivity index is 1.67. The summed E-state index contributed by atoms with van der Waals surface area (Å²) in [6.07, 6.45) is -4.23. The van der Waals surface area contributed by atoms with E-state index in [4.69, 9.17) is 25.8 Å². The summed E-state index contributed by atoms with van der Waals surface area (Å²) >= 11 is 6.35. The molecule has 2 aromatic carbocycles. The van der Waals surface area contributed by atoms with Crippen molar-refractivity contribution in [3.8, 4) is 11.5 Å². The fourth-order valence-corrected chi connectivity index (χ4v) is 2.96. The Morgan fingerprint density at radius 3 is 2.38 bits per heavy atom. The Morgan fingerprint density at radius 2 is 1.73 bits per heavy atom. The van der Waals surface area contributed by atoms with E-state index in [0.717, 1.165) is 16.9 Å². The molecule has 0 saturated carbocycles. The maximum absolute atomic E-state index is 9.93. The van der Waals surface area contributed by atoms with E-state index in [0.29, 0.717) is 17.2 Å². The van der Waals surface area contributed by atoms with Gasteiger partial charge in [-0.25, -0.2) is 0 Å². The second-order valence-electron chi connectivity index (χ2n) is 6.15. The number of rotatable bonds is 5. The lowest BCUT2D eigenvalue weighted by Gasteiger charge is -2.34. The van der Waals surface area contributed by atoms with Crippen molar-refractivity contribution in [3.05, 3.63) is 58.6 Å². The molecule has 0 spiro atoms. The molecule has 0 amide bonds. The molecule has 0 unspecified atom stereocenters. The standard InChI is InChI=1S/C19H21ClO6/c1-24-13-5-2-11(3-6-13)8-12-4-7-14(9-15(12)20)26-19-18(23)17(22)16(21)10-25-19/h2-7,9,16-19,21-23H,8,10H2,1H3/t16-,17-,18+,19+/m0/s1. The van der Waals surface area contributed by atoms with E-state index in [9.17, 15) is 15.3 Å². The Bertz CT molecular complexity index is 735. The van der Waals surface area contributed by atoms with Crippen LogP contribution >= 0.6 is 11.6 Å². The molecule has 1 saturated heterocycles. The molecule has 0 aromatic heterocycles. The second kappa shape index (κ2) is 8.24. The van der Waals surface area contributed by atoms with Gasteiger partial charge in [0.1, 0.15) is 29.8 Å². The predicted molar refractivity (Wildman–Crippen MR) is 95.6 cm³/mol. The van der Waals surface area contributed by atoms with Gasteiger partial charge in [-0.15, -0.1) is 0 Å². The Kier molecular flexibility index (Phi) is 6.01. The van der Waals surface area contributed by atoms with Gasteiger partial charge >= 0.3 is 0 Å². The summed E-state index contributed by atoms with van der Waals surface area (Å²) in [4.78, 5) is 0. The Morgan fingerprint density at radius 1 is 1.04 bits per heavy atom. The maximum atomic E-state index is 9.93. The second-order valence-corrected chi connectivity index (χ2v) is 6.55. The Labute approximate surface area is 156 Å². The first-order chi connectivity index (χ1) is 12.5. The van der Waals surface area contributed by atoms with E-state index in [-0.39, 0.29) is 6.61 Å². The monoisotopic (exact) mass is 380 g/mol. The summed E-state index contributed by atoms with van der Waals surface area (Å²) in [5.74, 6) is 1.20. The SMILES string of the molecule is COc1ccc(Cc2ccc(O[C@H]3OC[C@H](O)[C@H](O)[C@H]3O)cc2Cl)cc1. The van der Waals surface area contributed by atoms with Crippen LogP contribution in [-0.2, 0) is 11.2 Å². The molecule has 1 heterocycles. The lowest BCUT2D eigenvalue weighted by atomic mass is 10.0. The van der Waals surface area contributed by atoms with Crippen LogP contribution in [0.3, 0.4) is 0 Å². The lowest BCUT2D eigenvalue weighted by Crippen LogP contribution is -2.54. The molecular weight excluding hydrogens is 360 g/mol. The highest BCUT2D eigenvalue weighted by Crippen LogP contribution is 2.27. The molecule has 140 valence electrons. The topological polar surface area (TPSA) is 88.4 Å². The van der Waals surface area contributed by atoms with Crippen LogP contribution in [0.25, 0.3) is 0 Å². The highest BCUT2D eigenvalue weighted by molar-refractivity contribution is 6.31. The van der Waals surface area contributed by atoms with Crippen LogP contribution in [-0.4, -0.2) is 53.6 Å². The van der Waals surface area contributed by atoms with E-state index in [1.165, 1.54) is 0 Å². The highest BCUT2D eigenvalue weighted by Gasteiger charge is 2.39. The van der Waals surface area contributed by atoms with Crippen LogP contribution in [0, 0.1) is 0 Å². The quantitative estimate of drug-likeness (QED) is 0.732. The molecule has 7 heteroatoms. The number of methoxy groups -OCH3 is 1. The molecule has 26 heavy (non-hydrogen) atoms. The van der Waals surface area contributed by atoms with E-state index in [1.807, 2.05) is 30.3 Å². The minimum atomic E-state index is -1.35. The van der Waals surface area contributed by atoms with E-state index < -0.39 is 24.6 Å². The molecule has 3 rings (SSSR count). The smallest absolute Gasteiger partial charge is 0.228 e. The fourth-order valence-electron chi connectivity index (χ4n) is 2.73. The Hall–Kier alpha value is -1.83. The third kappa shape index (κ3) is 4.28. The summed E-state index contributed by atoms with van der Waals surface area (Å²) in [5, 5.41) is 29.6. The van der Waals surface area contributed by atoms with Crippen LogP contribution in [0.15, 0.2) is 42.5 Å². The van der Waals surface area contributed by atoms with Gasteiger partial charge in [-0.3, -0.25) is 0 Å². The van der Waals surface area contributed by atoms with E-state index >= 15 is 0 Å². The first kappa shape index (κ1) is 18.9. The number of benzene rings is 2. The van der Waals surface area contributed by atoms with Gasteiger partial charge in [0.15, 0.2) is 0 Å². The maximum Gasteiger partial charge on any atom is 0.228 e. The predicted octanol–water partition coefficient (Wildman–Crippen LogP) is 1.76.